The first-order chi connectivity index (χ1) is 3.70. The van der Waals surface area contributed by atoms with E-state index in [0.717, 1.165) is 5.69 Å². The van der Waals surface area contributed by atoms with E-state index in [1.54, 1.807) is 11.3 Å². The molecule has 0 saturated carbocycles. The number of thiophene rings is 1. The van der Waals surface area contributed by atoms with Crippen molar-refractivity contribution >= 4 is 17.0 Å². The average molecular weight is 215 g/mol. The van der Waals surface area contributed by atoms with E-state index < -0.39 is 0 Å². The van der Waals surface area contributed by atoms with E-state index in [-0.39, 0.29) is 32.7 Å². The van der Waals surface area contributed by atoms with Crippen LogP contribution in [0.4, 0.5) is 5.69 Å². The Labute approximate surface area is 84.5 Å². The molecule has 1 aromatic heterocycles. The molecule has 2 N–H and O–H groups in total. The Kier molecular flexibility index (Phi) is 3.94. The third kappa shape index (κ3) is 2.36. The normalized spacial score (nSPS) is 8.67. The summed E-state index contributed by atoms with van der Waals surface area (Å²) < 4.78 is 0. The summed E-state index contributed by atoms with van der Waals surface area (Å²) in [6.45, 7) is 4.01. The summed E-state index contributed by atoms with van der Waals surface area (Å²) in [6, 6.07) is 3.00. The molecule has 1 rings (SSSR count). The van der Waals surface area contributed by atoms with Gasteiger partial charge in [0.25, 0.3) is 0 Å². The van der Waals surface area contributed by atoms with Crippen molar-refractivity contribution in [1.29, 1.82) is 0 Å². The fourth-order valence-corrected chi connectivity index (χ4v) is 1.37. The first-order valence-corrected chi connectivity index (χ1v) is 3.26. The smallest absolute Gasteiger partial charge is 0 e. The van der Waals surface area contributed by atoms with Crippen molar-refractivity contribution in [3.8, 4) is 0 Å². The van der Waals surface area contributed by atoms with Crippen LogP contribution >= 0.6 is 11.3 Å². The second kappa shape index (κ2) is 3.69. The van der Waals surface area contributed by atoms with Crippen LogP contribution in [0.15, 0.2) is 0 Å². The van der Waals surface area contributed by atoms with Crippen LogP contribution in [0.1, 0.15) is 9.75 Å². The summed E-state index contributed by atoms with van der Waals surface area (Å²) in [5.41, 5.74) is 6.29. The van der Waals surface area contributed by atoms with E-state index in [4.69, 9.17) is 5.73 Å². The van der Waals surface area contributed by atoms with Crippen LogP contribution in [-0.4, -0.2) is 0 Å². The fraction of sp³-hybridized carbons (Fsp3) is 0.333. The monoisotopic (exact) mass is 215 g/mol. The van der Waals surface area contributed by atoms with Crippen molar-refractivity contribution in [2.45, 2.75) is 13.8 Å². The summed E-state index contributed by atoms with van der Waals surface area (Å²) in [6.07, 6.45) is 0. The number of anilines is 1. The number of hydrogen-bond donors (Lipinski definition) is 1. The molecule has 0 atom stereocenters. The summed E-state index contributed by atoms with van der Waals surface area (Å²) in [4.78, 5) is 2.34. The Balaban J connectivity index is 0.000000640. The van der Waals surface area contributed by atoms with E-state index in [9.17, 15) is 0 Å². The van der Waals surface area contributed by atoms with Gasteiger partial charge in [0.05, 0.1) is 0 Å². The summed E-state index contributed by atoms with van der Waals surface area (Å²) in [7, 11) is 0. The predicted octanol–water partition coefficient (Wildman–Crippen LogP) is 1.74. The van der Waals surface area contributed by atoms with Crippen LogP contribution in [0.2, 0.25) is 0 Å². The topological polar surface area (TPSA) is 26.0 Å². The van der Waals surface area contributed by atoms with Crippen molar-refractivity contribution in [1.82, 2.24) is 0 Å². The maximum absolute atomic E-state index is 5.50. The minimum absolute atomic E-state index is 0. The maximum atomic E-state index is 5.50. The first kappa shape index (κ1) is 9.60. The molecule has 3 heteroatoms. The van der Waals surface area contributed by atoms with E-state index in [0.29, 0.717) is 0 Å². The van der Waals surface area contributed by atoms with Gasteiger partial charge in [0.2, 0.25) is 0 Å². The van der Waals surface area contributed by atoms with Gasteiger partial charge in [-0.3, -0.25) is 11.3 Å². The molecule has 0 fully saturated rings. The molecular weight excluding hydrogens is 207 g/mol. The van der Waals surface area contributed by atoms with Crippen molar-refractivity contribution in [2.75, 3.05) is 5.73 Å². The Bertz CT molecular complexity index is 175. The van der Waals surface area contributed by atoms with E-state index in [2.05, 4.69) is 6.07 Å². The third-order valence-corrected chi connectivity index (χ3v) is 1.93. The molecular formula is C6H8NSY-. The molecule has 0 aromatic carbocycles. The number of rotatable bonds is 0. The van der Waals surface area contributed by atoms with E-state index in [1.165, 1.54) is 9.75 Å². The average Bonchev–Trinajstić information content (AvgIpc) is 1.85. The summed E-state index contributed by atoms with van der Waals surface area (Å²) in [5, 5.41) is 0. The Morgan fingerprint density at radius 1 is 1.44 bits per heavy atom. The van der Waals surface area contributed by atoms with Gasteiger partial charge in [0.1, 0.15) is 0 Å². The standard InChI is InChI=1S/C6H8NS.Y/c1-4-3-6(7)5(2)8-4;/h7H2,1-2H3;/q-1;. The van der Waals surface area contributed by atoms with Crippen LogP contribution in [0, 0.1) is 19.9 Å². The van der Waals surface area contributed by atoms with Gasteiger partial charge in [-0.2, -0.15) is 0 Å². The molecule has 1 aromatic rings. The Morgan fingerprint density at radius 3 is 2.11 bits per heavy atom. The summed E-state index contributed by atoms with van der Waals surface area (Å²) >= 11 is 1.69. The van der Waals surface area contributed by atoms with Gasteiger partial charge >= 0.3 is 0 Å². The molecule has 0 bridgehead atoms. The molecule has 0 saturated heterocycles. The third-order valence-electron chi connectivity index (χ3n) is 0.996. The Morgan fingerprint density at radius 2 is 2.00 bits per heavy atom. The van der Waals surface area contributed by atoms with E-state index >= 15 is 0 Å². The fourth-order valence-electron chi connectivity index (χ4n) is 0.588. The number of nitrogens with two attached hydrogens (primary N) is 1. The molecule has 1 heterocycles. The van der Waals surface area contributed by atoms with Crippen LogP contribution in [0.3, 0.4) is 0 Å². The van der Waals surface area contributed by atoms with Crippen LogP contribution in [0.25, 0.3) is 0 Å². The zero-order valence-electron chi connectivity index (χ0n) is 5.56. The zero-order chi connectivity index (χ0) is 6.15. The van der Waals surface area contributed by atoms with Gasteiger partial charge in [0, 0.05) is 32.7 Å². The second-order valence-electron chi connectivity index (χ2n) is 1.75. The second-order valence-corrected chi connectivity index (χ2v) is 3.18. The summed E-state index contributed by atoms with van der Waals surface area (Å²) in [5.74, 6) is 0. The SMILES string of the molecule is Cc1[c-]c(N)c(C)s1.[Y]. The van der Waals surface area contributed by atoms with Gasteiger partial charge in [-0.05, 0) is 6.92 Å². The first-order valence-electron chi connectivity index (χ1n) is 2.45. The molecule has 0 aliphatic rings. The van der Waals surface area contributed by atoms with Crippen LogP contribution in [0.5, 0.6) is 0 Å². The van der Waals surface area contributed by atoms with Crippen LogP contribution < -0.4 is 5.73 Å². The van der Waals surface area contributed by atoms with Gasteiger partial charge in [-0.1, -0.05) is 6.92 Å². The van der Waals surface area contributed by atoms with Gasteiger partial charge < -0.3 is 5.73 Å². The molecule has 0 unspecified atom stereocenters. The minimum atomic E-state index is 0. The van der Waals surface area contributed by atoms with Gasteiger partial charge in [-0.15, -0.1) is 15.4 Å². The molecule has 0 amide bonds. The molecule has 0 aliphatic carbocycles. The zero-order valence-corrected chi connectivity index (χ0v) is 9.22. The number of hydrogen-bond acceptors (Lipinski definition) is 2. The molecule has 9 heavy (non-hydrogen) atoms. The van der Waals surface area contributed by atoms with Crippen molar-refractivity contribution < 1.29 is 32.7 Å². The largest absolute Gasteiger partial charge is 0.430 e. The maximum Gasteiger partial charge on any atom is 0 e. The molecule has 0 spiro atoms. The Hall–Kier alpha value is 0.604. The van der Waals surface area contributed by atoms with Gasteiger partial charge in [-0.25, -0.2) is 6.07 Å². The molecule has 0 aliphatic heterocycles. The minimum Gasteiger partial charge on any atom is -0.430 e. The van der Waals surface area contributed by atoms with E-state index in [1.807, 2.05) is 13.8 Å². The number of nitrogen functional groups attached to an aromatic ring is 1. The molecule has 47 valence electrons. The van der Waals surface area contributed by atoms with Crippen molar-refractivity contribution in [2.24, 2.45) is 0 Å². The van der Waals surface area contributed by atoms with Crippen molar-refractivity contribution in [3.05, 3.63) is 15.8 Å². The van der Waals surface area contributed by atoms with Crippen molar-refractivity contribution in [3.63, 3.8) is 0 Å². The number of aryl methyl sites for hydroxylation is 2. The van der Waals surface area contributed by atoms with Crippen LogP contribution in [-0.2, 0) is 32.7 Å². The predicted molar refractivity (Wildman–Crippen MR) is 37.0 cm³/mol. The molecule has 1 radical (unpaired) electrons. The van der Waals surface area contributed by atoms with Gasteiger partial charge in [0.15, 0.2) is 0 Å². The molecule has 1 nitrogen and oxygen atoms in total. The quantitative estimate of drug-likeness (QED) is 0.655.